The molecule has 0 unspecified atom stereocenters. The fourth-order valence-corrected chi connectivity index (χ4v) is 2.84. The molecule has 2 rings (SSSR count). The van der Waals surface area contributed by atoms with Crippen molar-refractivity contribution >= 4 is 15.9 Å². The Bertz CT molecular complexity index is 618. The molecule has 8 heteroatoms. The molecule has 0 aliphatic carbocycles. The highest BCUT2D eigenvalue weighted by Gasteiger charge is 2.25. The van der Waals surface area contributed by atoms with Gasteiger partial charge in [0.25, 0.3) is 0 Å². The average Bonchev–Trinajstić information content (AvgIpc) is 2.44. The molecular weight excluding hydrogens is 292 g/mol. The number of amides is 1. The second kappa shape index (κ2) is 6.48. The van der Waals surface area contributed by atoms with E-state index in [4.69, 9.17) is 0 Å². The van der Waals surface area contributed by atoms with Crippen molar-refractivity contribution in [1.29, 1.82) is 0 Å². The number of hydrogen-bond acceptors (Lipinski definition) is 5. The second-order valence-electron chi connectivity index (χ2n) is 5.30. The Hall–Kier alpha value is -1.54. The first-order chi connectivity index (χ1) is 9.85. The van der Waals surface area contributed by atoms with Gasteiger partial charge in [-0.3, -0.25) is 4.79 Å². The minimum absolute atomic E-state index is 0.183. The highest BCUT2D eigenvalue weighted by Crippen LogP contribution is 2.25. The van der Waals surface area contributed by atoms with E-state index in [1.807, 2.05) is 13.0 Å². The zero-order chi connectivity index (χ0) is 15.5. The van der Waals surface area contributed by atoms with Gasteiger partial charge in [-0.25, -0.2) is 23.1 Å². The smallest absolute Gasteiger partial charge is 0.237 e. The Morgan fingerprint density at radius 2 is 2.29 bits per heavy atom. The van der Waals surface area contributed by atoms with Crippen LogP contribution in [-0.4, -0.2) is 55.1 Å². The van der Waals surface area contributed by atoms with Gasteiger partial charge in [0.1, 0.15) is 5.82 Å². The Labute approximate surface area is 124 Å². The zero-order valence-corrected chi connectivity index (χ0v) is 13.1. The summed E-state index contributed by atoms with van der Waals surface area (Å²) < 4.78 is 24.3. The van der Waals surface area contributed by atoms with Crippen LogP contribution in [0.4, 0.5) is 0 Å². The van der Waals surface area contributed by atoms with Gasteiger partial charge in [-0.1, -0.05) is 0 Å². The van der Waals surface area contributed by atoms with Crippen molar-refractivity contribution in [3.63, 3.8) is 0 Å². The standard InChI is InChI=1S/C13H20N4O3S/c1-10-14-6-5-12(16-10)11-4-3-7-17(9-11)13(18)8-15-21(2,19)20/h5-6,11,15H,3-4,7-9H2,1-2H3/t11-/m1/s1. The number of piperidine rings is 1. The molecule has 0 saturated carbocycles. The summed E-state index contributed by atoms with van der Waals surface area (Å²) in [5.74, 6) is 0.702. The lowest BCUT2D eigenvalue weighted by Gasteiger charge is -2.32. The first-order valence-corrected chi connectivity index (χ1v) is 8.76. The maximum absolute atomic E-state index is 12.1. The Morgan fingerprint density at radius 3 is 2.95 bits per heavy atom. The minimum Gasteiger partial charge on any atom is -0.341 e. The average molecular weight is 312 g/mol. The summed E-state index contributed by atoms with van der Waals surface area (Å²) in [6, 6.07) is 1.88. The van der Waals surface area contributed by atoms with Crippen molar-refractivity contribution in [3.8, 4) is 0 Å². The molecule has 0 spiro atoms. The van der Waals surface area contributed by atoms with E-state index in [1.54, 1.807) is 11.1 Å². The number of rotatable bonds is 4. The maximum atomic E-state index is 12.1. The van der Waals surface area contributed by atoms with Crippen molar-refractivity contribution < 1.29 is 13.2 Å². The maximum Gasteiger partial charge on any atom is 0.237 e. The number of carbonyl (C=O) groups is 1. The van der Waals surface area contributed by atoms with Crippen molar-refractivity contribution in [2.75, 3.05) is 25.9 Å². The minimum atomic E-state index is -3.35. The van der Waals surface area contributed by atoms with E-state index in [0.29, 0.717) is 13.1 Å². The van der Waals surface area contributed by atoms with Crippen LogP contribution in [-0.2, 0) is 14.8 Å². The molecule has 1 fully saturated rings. The molecule has 1 aliphatic rings. The van der Waals surface area contributed by atoms with Crippen LogP contribution in [0.1, 0.15) is 30.3 Å². The lowest BCUT2D eigenvalue weighted by molar-refractivity contribution is -0.131. The van der Waals surface area contributed by atoms with Gasteiger partial charge in [0.15, 0.2) is 0 Å². The van der Waals surface area contributed by atoms with Crippen LogP contribution in [0.3, 0.4) is 0 Å². The predicted octanol–water partition coefficient (Wildman–Crippen LogP) is 0.0402. The molecule has 1 aromatic rings. The van der Waals surface area contributed by atoms with Crippen LogP contribution in [0, 0.1) is 6.92 Å². The van der Waals surface area contributed by atoms with Crippen LogP contribution in [0.5, 0.6) is 0 Å². The Kier molecular flexibility index (Phi) is 4.89. The van der Waals surface area contributed by atoms with Crippen LogP contribution in [0.25, 0.3) is 0 Å². The highest BCUT2D eigenvalue weighted by atomic mass is 32.2. The van der Waals surface area contributed by atoms with Gasteiger partial charge < -0.3 is 4.90 Å². The summed E-state index contributed by atoms with van der Waals surface area (Å²) in [6.07, 6.45) is 4.63. The molecule has 0 radical (unpaired) electrons. The fourth-order valence-electron chi connectivity index (χ4n) is 2.45. The van der Waals surface area contributed by atoms with Gasteiger partial charge in [0.05, 0.1) is 12.8 Å². The summed E-state index contributed by atoms with van der Waals surface area (Å²) in [5, 5.41) is 0. The van der Waals surface area contributed by atoms with Gasteiger partial charge in [0, 0.05) is 30.9 Å². The van der Waals surface area contributed by atoms with E-state index in [-0.39, 0.29) is 18.4 Å². The zero-order valence-electron chi connectivity index (χ0n) is 12.2. The Balaban J connectivity index is 1.99. The Morgan fingerprint density at radius 1 is 1.52 bits per heavy atom. The molecule has 1 amide bonds. The molecular formula is C13H20N4O3S. The molecule has 2 heterocycles. The SMILES string of the molecule is Cc1nccc([C@@H]2CCCN(C(=O)CNS(C)(=O)=O)C2)n1. The molecule has 1 atom stereocenters. The largest absolute Gasteiger partial charge is 0.341 e. The van der Waals surface area contributed by atoms with E-state index in [0.717, 1.165) is 30.6 Å². The molecule has 1 saturated heterocycles. The molecule has 1 N–H and O–H groups in total. The quantitative estimate of drug-likeness (QED) is 0.847. The molecule has 116 valence electrons. The normalized spacial score (nSPS) is 19.5. The predicted molar refractivity (Wildman–Crippen MR) is 78.2 cm³/mol. The number of sulfonamides is 1. The monoisotopic (exact) mass is 312 g/mol. The number of carbonyl (C=O) groups excluding carboxylic acids is 1. The van der Waals surface area contributed by atoms with Gasteiger partial charge in [-0.15, -0.1) is 0 Å². The second-order valence-corrected chi connectivity index (χ2v) is 7.13. The van der Waals surface area contributed by atoms with E-state index >= 15 is 0 Å². The van der Waals surface area contributed by atoms with Gasteiger partial charge in [-0.2, -0.15) is 0 Å². The van der Waals surface area contributed by atoms with Crippen molar-refractivity contribution in [3.05, 3.63) is 23.8 Å². The van der Waals surface area contributed by atoms with Crippen LogP contribution in [0.2, 0.25) is 0 Å². The number of hydrogen-bond donors (Lipinski definition) is 1. The third-order valence-electron chi connectivity index (χ3n) is 3.48. The molecule has 1 aliphatic heterocycles. The fraction of sp³-hybridized carbons (Fsp3) is 0.615. The molecule has 0 aromatic carbocycles. The van der Waals surface area contributed by atoms with E-state index < -0.39 is 10.0 Å². The lowest BCUT2D eigenvalue weighted by Crippen LogP contribution is -2.44. The van der Waals surface area contributed by atoms with E-state index in [9.17, 15) is 13.2 Å². The molecule has 1 aromatic heterocycles. The van der Waals surface area contributed by atoms with Crippen molar-refractivity contribution in [1.82, 2.24) is 19.6 Å². The van der Waals surface area contributed by atoms with E-state index in [2.05, 4.69) is 14.7 Å². The topological polar surface area (TPSA) is 92.3 Å². The number of aromatic nitrogens is 2. The summed E-state index contributed by atoms with van der Waals surface area (Å²) in [5.41, 5.74) is 0.941. The third-order valence-corrected chi connectivity index (χ3v) is 4.14. The molecule has 0 bridgehead atoms. The first kappa shape index (κ1) is 15.8. The lowest BCUT2D eigenvalue weighted by atomic mass is 9.94. The van der Waals surface area contributed by atoms with E-state index in [1.165, 1.54) is 0 Å². The summed E-state index contributed by atoms with van der Waals surface area (Å²) in [4.78, 5) is 22.2. The van der Waals surface area contributed by atoms with Gasteiger partial charge in [-0.05, 0) is 25.8 Å². The number of likely N-dealkylation sites (tertiary alicyclic amines) is 1. The van der Waals surface area contributed by atoms with Gasteiger partial charge in [0.2, 0.25) is 15.9 Å². The van der Waals surface area contributed by atoms with Crippen LogP contribution >= 0.6 is 0 Å². The summed E-state index contributed by atoms with van der Waals surface area (Å²) >= 11 is 0. The van der Waals surface area contributed by atoms with Crippen LogP contribution in [0.15, 0.2) is 12.3 Å². The number of aryl methyl sites for hydroxylation is 1. The first-order valence-electron chi connectivity index (χ1n) is 6.87. The third kappa shape index (κ3) is 4.75. The molecule has 7 nitrogen and oxygen atoms in total. The molecule has 21 heavy (non-hydrogen) atoms. The highest BCUT2D eigenvalue weighted by molar-refractivity contribution is 7.88. The van der Waals surface area contributed by atoms with Crippen molar-refractivity contribution in [2.45, 2.75) is 25.7 Å². The summed E-state index contributed by atoms with van der Waals surface area (Å²) in [7, 11) is -3.35. The van der Waals surface area contributed by atoms with Crippen molar-refractivity contribution in [2.24, 2.45) is 0 Å². The van der Waals surface area contributed by atoms with Gasteiger partial charge >= 0.3 is 0 Å². The number of nitrogens with zero attached hydrogens (tertiary/aromatic N) is 3. The number of nitrogens with one attached hydrogen (secondary N) is 1. The summed E-state index contributed by atoms with van der Waals surface area (Å²) in [6.45, 7) is 2.88. The van der Waals surface area contributed by atoms with Crippen LogP contribution < -0.4 is 4.72 Å².